The molecule has 25 heavy (non-hydrogen) atoms. The fraction of sp³-hybridized carbons (Fsp3) is 0.111. The predicted octanol–water partition coefficient (Wildman–Crippen LogP) is 5.27. The summed E-state index contributed by atoms with van der Waals surface area (Å²) < 4.78 is 18.7. The Morgan fingerprint density at radius 2 is 2.08 bits per heavy atom. The maximum atomic E-state index is 13.0. The number of thiazole rings is 1. The maximum absolute atomic E-state index is 13.0. The van der Waals surface area contributed by atoms with Gasteiger partial charge in [-0.05, 0) is 48.9 Å². The molecule has 0 saturated heterocycles. The van der Waals surface area contributed by atoms with E-state index in [9.17, 15) is 4.39 Å². The number of benzene rings is 2. The molecular formula is C18H15ClFN3OS. The number of ether oxygens (including phenoxy) is 1. The van der Waals surface area contributed by atoms with Gasteiger partial charge in [0, 0.05) is 10.9 Å². The average molecular weight is 376 g/mol. The van der Waals surface area contributed by atoms with Crippen molar-refractivity contribution in [2.24, 2.45) is 5.10 Å². The second-order valence-corrected chi connectivity index (χ2v) is 6.52. The summed E-state index contributed by atoms with van der Waals surface area (Å²) in [6.07, 6.45) is 1.71. The molecule has 0 aliphatic rings. The number of hydrogen-bond donors (Lipinski definition) is 1. The molecule has 0 aliphatic heterocycles. The molecule has 1 N–H and O–H groups in total. The van der Waals surface area contributed by atoms with Crippen molar-refractivity contribution in [2.45, 2.75) is 13.5 Å². The summed E-state index contributed by atoms with van der Waals surface area (Å²) in [4.78, 5) is 4.26. The van der Waals surface area contributed by atoms with E-state index >= 15 is 0 Å². The van der Waals surface area contributed by atoms with Gasteiger partial charge >= 0.3 is 0 Å². The molecule has 0 spiro atoms. The van der Waals surface area contributed by atoms with E-state index in [1.54, 1.807) is 12.3 Å². The minimum Gasteiger partial charge on any atom is -0.489 e. The Morgan fingerprint density at radius 1 is 1.28 bits per heavy atom. The SMILES string of the molecule is Cc1csc(NN=Cc2ccc(OCc3ccc(F)cc3Cl)cc2)n1. The molecule has 0 aliphatic carbocycles. The van der Waals surface area contributed by atoms with Crippen LogP contribution in [0.2, 0.25) is 5.02 Å². The summed E-state index contributed by atoms with van der Waals surface area (Å²) in [6, 6.07) is 11.7. The van der Waals surface area contributed by atoms with E-state index in [0.717, 1.165) is 22.0 Å². The van der Waals surface area contributed by atoms with E-state index in [1.807, 2.05) is 36.6 Å². The second kappa shape index (κ2) is 8.09. The van der Waals surface area contributed by atoms with Crippen LogP contribution in [-0.4, -0.2) is 11.2 Å². The number of halogens is 2. The molecule has 128 valence electrons. The molecule has 3 aromatic rings. The third kappa shape index (κ3) is 5.01. The lowest BCUT2D eigenvalue weighted by molar-refractivity contribution is 0.306. The van der Waals surface area contributed by atoms with Gasteiger partial charge in [0.2, 0.25) is 5.13 Å². The van der Waals surface area contributed by atoms with Gasteiger partial charge in [-0.25, -0.2) is 9.37 Å². The van der Waals surface area contributed by atoms with Crippen molar-refractivity contribution in [1.82, 2.24) is 4.98 Å². The van der Waals surface area contributed by atoms with Gasteiger partial charge in [0.15, 0.2) is 0 Å². The van der Waals surface area contributed by atoms with Crippen LogP contribution in [0.15, 0.2) is 52.9 Å². The smallest absolute Gasteiger partial charge is 0.203 e. The number of hydrogen-bond acceptors (Lipinski definition) is 5. The van der Waals surface area contributed by atoms with Gasteiger partial charge in [0.25, 0.3) is 0 Å². The molecule has 0 radical (unpaired) electrons. The van der Waals surface area contributed by atoms with Crippen molar-refractivity contribution >= 4 is 34.3 Å². The summed E-state index contributed by atoms with van der Waals surface area (Å²) in [5, 5.41) is 7.21. The number of anilines is 1. The molecular weight excluding hydrogens is 361 g/mol. The average Bonchev–Trinajstić information content (AvgIpc) is 3.01. The Morgan fingerprint density at radius 3 is 2.76 bits per heavy atom. The predicted molar refractivity (Wildman–Crippen MR) is 100 cm³/mol. The van der Waals surface area contributed by atoms with Crippen LogP contribution in [0.4, 0.5) is 9.52 Å². The zero-order valence-electron chi connectivity index (χ0n) is 13.4. The fourth-order valence-electron chi connectivity index (χ4n) is 2.02. The lowest BCUT2D eigenvalue weighted by atomic mass is 10.2. The quantitative estimate of drug-likeness (QED) is 0.471. The van der Waals surface area contributed by atoms with Crippen LogP contribution in [-0.2, 0) is 6.61 Å². The molecule has 0 unspecified atom stereocenters. The molecule has 0 saturated carbocycles. The molecule has 0 atom stereocenters. The Kier molecular flexibility index (Phi) is 5.63. The summed E-state index contributed by atoms with van der Waals surface area (Å²) in [5.74, 6) is 0.333. The Bertz CT molecular complexity index is 880. The van der Waals surface area contributed by atoms with Crippen LogP contribution in [0.5, 0.6) is 5.75 Å². The van der Waals surface area contributed by atoms with Crippen LogP contribution in [0.1, 0.15) is 16.8 Å². The lowest BCUT2D eigenvalue weighted by Crippen LogP contribution is -1.97. The van der Waals surface area contributed by atoms with Crippen molar-refractivity contribution < 1.29 is 9.13 Å². The summed E-state index contributed by atoms with van der Waals surface area (Å²) in [5.41, 5.74) is 5.51. The number of nitrogens with zero attached hydrogens (tertiary/aromatic N) is 2. The van der Waals surface area contributed by atoms with Crippen LogP contribution >= 0.6 is 22.9 Å². The van der Waals surface area contributed by atoms with Gasteiger partial charge in [-0.3, -0.25) is 5.43 Å². The number of aromatic nitrogens is 1. The number of hydrazone groups is 1. The maximum Gasteiger partial charge on any atom is 0.203 e. The number of nitrogens with one attached hydrogen (secondary N) is 1. The van der Waals surface area contributed by atoms with E-state index < -0.39 is 0 Å². The first-order valence-electron chi connectivity index (χ1n) is 7.48. The van der Waals surface area contributed by atoms with Crippen LogP contribution < -0.4 is 10.2 Å². The molecule has 1 aromatic heterocycles. The monoisotopic (exact) mass is 375 g/mol. The van der Waals surface area contributed by atoms with E-state index in [0.29, 0.717) is 10.8 Å². The molecule has 2 aromatic carbocycles. The highest BCUT2D eigenvalue weighted by Gasteiger charge is 2.03. The zero-order chi connectivity index (χ0) is 17.6. The van der Waals surface area contributed by atoms with Gasteiger partial charge in [0.1, 0.15) is 18.2 Å². The van der Waals surface area contributed by atoms with E-state index in [-0.39, 0.29) is 12.4 Å². The standard InChI is InChI=1S/C18H15ClFN3OS/c1-12-11-25-18(22-12)23-21-9-13-2-6-16(7-3-13)24-10-14-4-5-15(20)8-17(14)19/h2-9,11H,10H2,1H3,(H,22,23). The largest absolute Gasteiger partial charge is 0.489 e. The third-order valence-corrected chi connectivity index (χ3v) is 4.50. The molecule has 4 nitrogen and oxygen atoms in total. The third-order valence-electron chi connectivity index (χ3n) is 3.28. The minimum atomic E-state index is -0.362. The molecule has 0 bridgehead atoms. The Balaban J connectivity index is 1.54. The minimum absolute atomic E-state index is 0.275. The first-order chi connectivity index (χ1) is 12.1. The first kappa shape index (κ1) is 17.4. The van der Waals surface area contributed by atoms with Crippen molar-refractivity contribution in [3.05, 3.63) is 75.5 Å². The van der Waals surface area contributed by atoms with Crippen LogP contribution in [0, 0.1) is 12.7 Å². The van der Waals surface area contributed by atoms with Crippen molar-refractivity contribution in [2.75, 3.05) is 5.43 Å². The van der Waals surface area contributed by atoms with Gasteiger partial charge < -0.3 is 4.74 Å². The van der Waals surface area contributed by atoms with Crippen LogP contribution in [0.3, 0.4) is 0 Å². The topological polar surface area (TPSA) is 46.5 Å². The van der Waals surface area contributed by atoms with E-state index in [4.69, 9.17) is 16.3 Å². The lowest BCUT2D eigenvalue weighted by Gasteiger charge is -2.08. The molecule has 7 heteroatoms. The molecule has 0 fully saturated rings. The van der Waals surface area contributed by atoms with Gasteiger partial charge in [-0.2, -0.15) is 5.10 Å². The second-order valence-electron chi connectivity index (χ2n) is 5.26. The highest BCUT2D eigenvalue weighted by molar-refractivity contribution is 7.13. The van der Waals surface area contributed by atoms with Crippen LogP contribution in [0.25, 0.3) is 0 Å². The van der Waals surface area contributed by atoms with E-state index in [2.05, 4.69) is 15.5 Å². The number of rotatable bonds is 6. The van der Waals surface area contributed by atoms with Crippen molar-refractivity contribution in [1.29, 1.82) is 0 Å². The summed E-state index contributed by atoms with van der Waals surface area (Å²) in [6.45, 7) is 2.21. The Hall–Kier alpha value is -2.44. The number of aryl methyl sites for hydroxylation is 1. The first-order valence-corrected chi connectivity index (χ1v) is 8.74. The van der Waals surface area contributed by atoms with Gasteiger partial charge in [0.05, 0.1) is 16.9 Å². The highest BCUT2D eigenvalue weighted by atomic mass is 35.5. The Labute approximate surface area is 153 Å². The summed E-state index contributed by atoms with van der Waals surface area (Å²) in [7, 11) is 0. The molecule has 0 amide bonds. The molecule has 1 heterocycles. The molecule has 3 rings (SSSR count). The van der Waals surface area contributed by atoms with Gasteiger partial charge in [-0.15, -0.1) is 11.3 Å². The van der Waals surface area contributed by atoms with Gasteiger partial charge in [-0.1, -0.05) is 17.7 Å². The van der Waals surface area contributed by atoms with Crippen molar-refractivity contribution in [3.63, 3.8) is 0 Å². The normalized spacial score (nSPS) is 11.0. The van der Waals surface area contributed by atoms with Crippen molar-refractivity contribution in [3.8, 4) is 5.75 Å². The zero-order valence-corrected chi connectivity index (χ0v) is 14.9. The highest BCUT2D eigenvalue weighted by Crippen LogP contribution is 2.20. The fourth-order valence-corrected chi connectivity index (χ4v) is 2.88. The summed E-state index contributed by atoms with van der Waals surface area (Å²) >= 11 is 7.48. The van der Waals surface area contributed by atoms with E-state index in [1.165, 1.54) is 23.5 Å².